The molecule has 0 atom stereocenters. The van der Waals surface area contributed by atoms with Gasteiger partial charge in [0.05, 0.1) is 12.7 Å². The number of likely N-dealkylation sites (tertiary alicyclic amines) is 2. The number of aliphatic hydroxyl groups is 1. The highest BCUT2D eigenvalue weighted by molar-refractivity contribution is 5.96. The maximum Gasteiger partial charge on any atom is 0.289 e. The van der Waals surface area contributed by atoms with Gasteiger partial charge in [-0.15, -0.1) is 0 Å². The number of carbonyl (C=O) groups excluding carboxylic acids is 1. The number of furan rings is 1. The van der Waals surface area contributed by atoms with Gasteiger partial charge in [0.25, 0.3) is 5.91 Å². The molecule has 2 fully saturated rings. The molecular weight excluding hydrogens is 440 g/mol. The Balaban J connectivity index is 1.22. The molecule has 2 aliphatic heterocycles. The Morgan fingerprint density at radius 1 is 1.06 bits per heavy atom. The summed E-state index contributed by atoms with van der Waals surface area (Å²) in [7, 11) is 1.69. The minimum atomic E-state index is -0.870. The largest absolute Gasteiger partial charge is 0.496 e. The molecule has 6 nitrogen and oxygen atoms in total. The molecule has 1 N–H and O–H groups in total. The van der Waals surface area contributed by atoms with Gasteiger partial charge < -0.3 is 19.2 Å². The molecule has 0 unspecified atom stereocenters. The first-order valence-electron chi connectivity index (χ1n) is 12.6. The van der Waals surface area contributed by atoms with E-state index < -0.39 is 5.60 Å². The molecule has 6 heteroatoms. The van der Waals surface area contributed by atoms with Gasteiger partial charge in [0.1, 0.15) is 11.3 Å². The molecule has 0 radical (unpaired) electrons. The molecule has 5 rings (SSSR count). The molecule has 2 aliphatic rings. The van der Waals surface area contributed by atoms with Crippen LogP contribution in [0.4, 0.5) is 0 Å². The minimum absolute atomic E-state index is 0.0318. The highest BCUT2D eigenvalue weighted by Gasteiger charge is 2.34. The Hall–Kier alpha value is -3.09. The lowest BCUT2D eigenvalue weighted by Crippen LogP contribution is -2.42. The Bertz CT molecular complexity index is 1200. The van der Waals surface area contributed by atoms with Crippen molar-refractivity contribution in [3.05, 3.63) is 71.5 Å². The maximum atomic E-state index is 12.8. The summed E-state index contributed by atoms with van der Waals surface area (Å²) in [6.45, 7) is 4.05. The molecule has 1 amide bonds. The summed E-state index contributed by atoms with van der Waals surface area (Å²) < 4.78 is 11.3. The Morgan fingerprint density at radius 2 is 1.83 bits per heavy atom. The highest BCUT2D eigenvalue weighted by atomic mass is 16.5. The number of rotatable bonds is 6. The number of methoxy groups -OCH3 is 1. The van der Waals surface area contributed by atoms with Gasteiger partial charge in [-0.2, -0.15) is 0 Å². The van der Waals surface area contributed by atoms with E-state index in [0.29, 0.717) is 24.2 Å². The van der Waals surface area contributed by atoms with Crippen molar-refractivity contribution in [2.24, 2.45) is 0 Å². The second-order valence-electron chi connectivity index (χ2n) is 9.69. The van der Waals surface area contributed by atoms with Crippen LogP contribution < -0.4 is 4.74 Å². The third-order valence-corrected chi connectivity index (χ3v) is 7.39. The zero-order chi connectivity index (χ0) is 24.3. The third kappa shape index (κ3) is 5.14. The van der Waals surface area contributed by atoms with Crippen LogP contribution in [0.5, 0.6) is 5.75 Å². The van der Waals surface area contributed by atoms with E-state index in [1.54, 1.807) is 7.11 Å². The van der Waals surface area contributed by atoms with E-state index in [0.717, 1.165) is 67.8 Å². The van der Waals surface area contributed by atoms with E-state index >= 15 is 0 Å². The van der Waals surface area contributed by atoms with Crippen LogP contribution in [0.15, 0.2) is 59.0 Å². The van der Waals surface area contributed by atoms with Crippen molar-refractivity contribution in [1.82, 2.24) is 9.80 Å². The first kappa shape index (κ1) is 23.6. The Morgan fingerprint density at radius 3 is 2.60 bits per heavy atom. The highest BCUT2D eigenvalue weighted by Crippen LogP contribution is 2.35. The second kappa shape index (κ2) is 10.3. The number of fused-ring (bicyclic) bond motifs is 1. The maximum absolute atomic E-state index is 12.8. The van der Waals surface area contributed by atoms with Crippen molar-refractivity contribution in [1.29, 1.82) is 0 Å². The molecule has 0 bridgehead atoms. The lowest BCUT2D eigenvalue weighted by Gasteiger charge is -2.38. The van der Waals surface area contributed by atoms with E-state index in [2.05, 4.69) is 17.1 Å². The van der Waals surface area contributed by atoms with Crippen LogP contribution in [0.3, 0.4) is 0 Å². The fourth-order valence-corrected chi connectivity index (χ4v) is 5.22. The zero-order valence-electron chi connectivity index (χ0n) is 20.4. The predicted octanol–water partition coefficient (Wildman–Crippen LogP) is 5.06. The Kier molecular flexibility index (Phi) is 6.93. The molecule has 2 saturated heterocycles. The van der Waals surface area contributed by atoms with Gasteiger partial charge in [0, 0.05) is 43.7 Å². The lowest BCUT2D eigenvalue weighted by molar-refractivity contribution is -0.0232. The number of hydrogen-bond acceptors (Lipinski definition) is 5. The summed E-state index contributed by atoms with van der Waals surface area (Å²) in [6, 6.07) is 15.6. The van der Waals surface area contributed by atoms with E-state index in [-0.39, 0.29) is 5.91 Å². The van der Waals surface area contributed by atoms with Crippen LogP contribution in [0.25, 0.3) is 17.0 Å². The summed E-state index contributed by atoms with van der Waals surface area (Å²) in [6.07, 6.45) is 8.86. The molecule has 35 heavy (non-hydrogen) atoms. The summed E-state index contributed by atoms with van der Waals surface area (Å²) in [5, 5.41) is 12.3. The number of ether oxygens (including phenoxy) is 1. The van der Waals surface area contributed by atoms with Crippen molar-refractivity contribution in [3.8, 4) is 5.75 Å². The van der Waals surface area contributed by atoms with Gasteiger partial charge in [-0.3, -0.25) is 9.69 Å². The van der Waals surface area contributed by atoms with E-state index in [1.807, 2.05) is 53.4 Å². The average molecular weight is 475 g/mol. The van der Waals surface area contributed by atoms with Crippen molar-refractivity contribution >= 4 is 23.0 Å². The van der Waals surface area contributed by atoms with Crippen LogP contribution in [-0.4, -0.2) is 60.6 Å². The fraction of sp³-hybridized carbons (Fsp3) is 0.414. The predicted molar refractivity (Wildman–Crippen MR) is 138 cm³/mol. The van der Waals surface area contributed by atoms with Gasteiger partial charge in [0.2, 0.25) is 0 Å². The quantitative estimate of drug-likeness (QED) is 0.541. The second-order valence-corrected chi connectivity index (χ2v) is 9.69. The van der Waals surface area contributed by atoms with Crippen molar-refractivity contribution in [2.75, 3.05) is 39.8 Å². The molecule has 0 spiro atoms. The molecular formula is C29H34N2O4. The number of para-hydroxylation sites is 1. The van der Waals surface area contributed by atoms with Crippen LogP contribution >= 0.6 is 0 Å². The standard InChI is InChI=1S/C29H34N2O4/c1-34-25-10-4-3-8-22(25)9-7-15-30-18-13-29(33,14-19-30)24-11-12-26-23(20-24)21-27(35-26)28(32)31-16-5-2-6-17-31/h3-4,7-12,20-21,33H,2,5-6,13-19H2,1H3/b9-7+. The number of carbonyl (C=O) groups is 1. The summed E-state index contributed by atoms with van der Waals surface area (Å²) in [5.41, 5.74) is 1.78. The zero-order valence-corrected chi connectivity index (χ0v) is 20.4. The van der Waals surface area contributed by atoms with Crippen molar-refractivity contribution in [3.63, 3.8) is 0 Å². The van der Waals surface area contributed by atoms with Crippen LogP contribution in [0.2, 0.25) is 0 Å². The van der Waals surface area contributed by atoms with E-state index in [1.165, 1.54) is 6.42 Å². The SMILES string of the molecule is COc1ccccc1/C=C/CN1CCC(O)(c2ccc3oc(C(=O)N4CCCCC4)cc3c2)CC1. The van der Waals surface area contributed by atoms with Crippen molar-refractivity contribution < 1.29 is 19.1 Å². The lowest BCUT2D eigenvalue weighted by atomic mass is 9.84. The molecule has 3 aromatic rings. The van der Waals surface area contributed by atoms with Crippen LogP contribution in [-0.2, 0) is 5.60 Å². The topological polar surface area (TPSA) is 66.2 Å². The number of piperidine rings is 2. The molecule has 1 aromatic heterocycles. The molecule has 3 heterocycles. The fourth-order valence-electron chi connectivity index (χ4n) is 5.22. The van der Waals surface area contributed by atoms with Gasteiger partial charge in [-0.05, 0) is 61.9 Å². The van der Waals surface area contributed by atoms with Gasteiger partial charge in [-0.25, -0.2) is 0 Å². The van der Waals surface area contributed by atoms with Crippen LogP contribution in [0, 0.1) is 0 Å². The molecule has 0 saturated carbocycles. The van der Waals surface area contributed by atoms with Gasteiger partial charge >= 0.3 is 0 Å². The van der Waals surface area contributed by atoms with E-state index in [9.17, 15) is 9.90 Å². The summed E-state index contributed by atoms with van der Waals surface area (Å²) in [5.74, 6) is 1.23. The smallest absolute Gasteiger partial charge is 0.289 e. The third-order valence-electron chi connectivity index (χ3n) is 7.39. The monoisotopic (exact) mass is 474 g/mol. The number of amides is 1. The number of benzene rings is 2. The Labute approximate surface area is 206 Å². The summed E-state index contributed by atoms with van der Waals surface area (Å²) in [4.78, 5) is 17.1. The molecule has 2 aromatic carbocycles. The first-order valence-corrected chi connectivity index (χ1v) is 12.6. The average Bonchev–Trinajstić information content (AvgIpc) is 3.34. The van der Waals surface area contributed by atoms with Crippen molar-refractivity contribution in [2.45, 2.75) is 37.7 Å². The van der Waals surface area contributed by atoms with Gasteiger partial charge in [0.15, 0.2) is 5.76 Å². The molecule has 0 aliphatic carbocycles. The minimum Gasteiger partial charge on any atom is -0.496 e. The van der Waals surface area contributed by atoms with Crippen LogP contribution in [0.1, 0.15) is 53.8 Å². The summed E-state index contributed by atoms with van der Waals surface area (Å²) >= 11 is 0. The normalized spacial score (nSPS) is 18.9. The van der Waals surface area contributed by atoms with Gasteiger partial charge in [-0.1, -0.05) is 36.4 Å². The molecule has 184 valence electrons. The first-order chi connectivity index (χ1) is 17.1. The van der Waals surface area contributed by atoms with E-state index in [4.69, 9.17) is 9.15 Å². The number of nitrogens with zero attached hydrogens (tertiary/aromatic N) is 2. The number of hydrogen-bond donors (Lipinski definition) is 1.